The largest absolute Gasteiger partial charge is 0.436 e. The Morgan fingerprint density at radius 2 is 2.33 bits per heavy atom. The van der Waals surface area contributed by atoms with Gasteiger partial charge in [-0.3, -0.25) is 4.79 Å². The lowest BCUT2D eigenvalue weighted by atomic mass is 10.7. The average Bonchev–Trinajstić information content (AvgIpc) is 1.63. The first-order valence-corrected chi connectivity index (χ1v) is 2.78. The minimum Gasteiger partial charge on any atom is -0.436 e. The first kappa shape index (κ1) is 8.43. The molecule has 0 bridgehead atoms. The second-order valence-electron chi connectivity index (χ2n) is 1.49. The lowest BCUT2D eigenvalue weighted by Gasteiger charge is -2.09. The van der Waals surface area contributed by atoms with E-state index in [-0.39, 0.29) is 5.97 Å². The first-order valence-electron chi connectivity index (χ1n) is 2.78. The number of carbonyl (C=O) groups is 1. The van der Waals surface area contributed by atoms with E-state index >= 15 is 0 Å². The molecule has 53 valence electrons. The van der Waals surface area contributed by atoms with Crippen LogP contribution in [0.25, 0.3) is 0 Å². The van der Waals surface area contributed by atoms with Crippen LogP contribution >= 0.6 is 0 Å². The van der Waals surface area contributed by atoms with Gasteiger partial charge in [-0.15, -0.1) is 0 Å². The van der Waals surface area contributed by atoms with Crippen molar-refractivity contribution < 1.29 is 14.3 Å². The van der Waals surface area contributed by atoms with E-state index in [0.29, 0.717) is 6.61 Å². The summed E-state index contributed by atoms with van der Waals surface area (Å²) < 4.78 is 9.32. The monoisotopic (exact) mass is 131 g/mol. The van der Waals surface area contributed by atoms with E-state index in [1.165, 1.54) is 6.92 Å². The van der Waals surface area contributed by atoms with Gasteiger partial charge in [0.1, 0.15) is 0 Å². The van der Waals surface area contributed by atoms with Crippen molar-refractivity contribution in [2.24, 2.45) is 0 Å². The molecule has 0 fully saturated rings. The van der Waals surface area contributed by atoms with Gasteiger partial charge in [0, 0.05) is 20.5 Å². The van der Waals surface area contributed by atoms with E-state index in [0.717, 1.165) is 0 Å². The number of esters is 1. The third-order valence-corrected chi connectivity index (χ3v) is 0.650. The standard InChI is InChI=1S/C6H11O3/c1-4-8-6(3)9-5(2)7/h6H,3-4H2,1-2H3. The van der Waals surface area contributed by atoms with Crippen LogP contribution < -0.4 is 0 Å². The van der Waals surface area contributed by atoms with Crippen LogP contribution in [0.4, 0.5) is 0 Å². The van der Waals surface area contributed by atoms with Crippen molar-refractivity contribution in [1.82, 2.24) is 0 Å². The Kier molecular flexibility index (Phi) is 4.05. The predicted octanol–water partition coefficient (Wildman–Crippen LogP) is 0.746. The van der Waals surface area contributed by atoms with Crippen molar-refractivity contribution in [2.45, 2.75) is 20.1 Å². The molecule has 0 saturated heterocycles. The van der Waals surface area contributed by atoms with Crippen molar-refractivity contribution in [1.29, 1.82) is 0 Å². The summed E-state index contributed by atoms with van der Waals surface area (Å²) in [7, 11) is 0. The minimum atomic E-state index is -0.660. The maximum Gasteiger partial charge on any atom is 0.304 e. The highest BCUT2D eigenvalue weighted by molar-refractivity contribution is 5.66. The number of carbonyl (C=O) groups excluding carboxylic acids is 1. The SMILES string of the molecule is [CH2]C(OCC)OC(C)=O. The fourth-order valence-electron chi connectivity index (χ4n) is 0.405. The van der Waals surface area contributed by atoms with Crippen molar-refractivity contribution in [3.63, 3.8) is 0 Å². The highest BCUT2D eigenvalue weighted by Gasteiger charge is 2.01. The van der Waals surface area contributed by atoms with Gasteiger partial charge in [-0.1, -0.05) is 0 Å². The maximum atomic E-state index is 10.2. The molecule has 0 saturated carbocycles. The van der Waals surface area contributed by atoms with Crippen molar-refractivity contribution in [3.8, 4) is 0 Å². The molecular formula is C6H11O3. The summed E-state index contributed by atoms with van der Waals surface area (Å²) in [5, 5.41) is 0. The van der Waals surface area contributed by atoms with Gasteiger partial charge in [0.25, 0.3) is 0 Å². The smallest absolute Gasteiger partial charge is 0.304 e. The van der Waals surface area contributed by atoms with Gasteiger partial charge in [-0.05, 0) is 6.92 Å². The zero-order valence-corrected chi connectivity index (χ0v) is 5.72. The van der Waals surface area contributed by atoms with Crippen LogP contribution in [0.1, 0.15) is 13.8 Å². The molecule has 9 heavy (non-hydrogen) atoms. The number of hydrogen-bond acceptors (Lipinski definition) is 3. The van der Waals surface area contributed by atoms with Gasteiger partial charge in [0.15, 0.2) is 0 Å². The van der Waals surface area contributed by atoms with Crippen LogP contribution in [-0.2, 0) is 14.3 Å². The van der Waals surface area contributed by atoms with Crippen LogP contribution in [0.3, 0.4) is 0 Å². The van der Waals surface area contributed by atoms with E-state index in [4.69, 9.17) is 4.74 Å². The van der Waals surface area contributed by atoms with Gasteiger partial charge in [-0.25, -0.2) is 0 Å². The molecule has 0 aromatic heterocycles. The van der Waals surface area contributed by atoms with Crippen LogP contribution in [0.15, 0.2) is 0 Å². The molecule has 0 aliphatic carbocycles. The third-order valence-electron chi connectivity index (χ3n) is 0.650. The normalized spacial score (nSPS) is 12.8. The molecule has 0 aliphatic heterocycles. The summed E-state index contributed by atoms with van der Waals surface area (Å²) in [5.74, 6) is -0.372. The second-order valence-corrected chi connectivity index (χ2v) is 1.49. The zero-order valence-electron chi connectivity index (χ0n) is 5.72. The molecular weight excluding hydrogens is 120 g/mol. The van der Waals surface area contributed by atoms with Gasteiger partial charge in [0.05, 0.1) is 0 Å². The maximum absolute atomic E-state index is 10.2. The molecule has 1 atom stereocenters. The van der Waals surface area contributed by atoms with Gasteiger partial charge in [-0.2, -0.15) is 0 Å². The summed E-state index contributed by atoms with van der Waals surface area (Å²) in [6.07, 6.45) is -0.660. The first-order chi connectivity index (χ1) is 4.16. The Balaban J connectivity index is 3.26. The van der Waals surface area contributed by atoms with Crippen LogP contribution in [0.2, 0.25) is 0 Å². The molecule has 0 spiro atoms. The lowest BCUT2D eigenvalue weighted by Crippen LogP contribution is -2.15. The molecule has 3 heteroatoms. The predicted molar refractivity (Wildman–Crippen MR) is 32.5 cm³/mol. The molecule has 0 rings (SSSR count). The Labute approximate surface area is 55.0 Å². The Bertz CT molecular complexity index is 90.3. The fourth-order valence-corrected chi connectivity index (χ4v) is 0.405. The van der Waals surface area contributed by atoms with Gasteiger partial charge >= 0.3 is 5.97 Å². The van der Waals surface area contributed by atoms with Crippen molar-refractivity contribution in [2.75, 3.05) is 6.61 Å². The van der Waals surface area contributed by atoms with Crippen LogP contribution in [0, 0.1) is 6.92 Å². The number of hydrogen-bond donors (Lipinski definition) is 0. The summed E-state index contributed by atoms with van der Waals surface area (Å²) >= 11 is 0. The highest BCUT2D eigenvalue weighted by atomic mass is 16.7. The zero-order chi connectivity index (χ0) is 7.28. The average molecular weight is 131 g/mol. The van der Waals surface area contributed by atoms with Crippen molar-refractivity contribution in [3.05, 3.63) is 6.92 Å². The Morgan fingerprint density at radius 3 is 2.67 bits per heavy atom. The third kappa shape index (κ3) is 5.30. The molecule has 0 aromatic carbocycles. The van der Waals surface area contributed by atoms with Gasteiger partial charge < -0.3 is 9.47 Å². The molecule has 1 radical (unpaired) electrons. The number of rotatable bonds is 3. The number of ether oxygens (including phenoxy) is 2. The van der Waals surface area contributed by atoms with Crippen LogP contribution in [-0.4, -0.2) is 18.9 Å². The Hall–Kier alpha value is -0.570. The topological polar surface area (TPSA) is 35.5 Å². The minimum absolute atomic E-state index is 0.372. The summed E-state index contributed by atoms with van der Waals surface area (Å²) in [5.41, 5.74) is 0. The van der Waals surface area contributed by atoms with E-state index in [1.807, 2.05) is 6.92 Å². The summed E-state index contributed by atoms with van der Waals surface area (Å²) in [6.45, 7) is 7.03. The second kappa shape index (κ2) is 4.32. The molecule has 0 amide bonds. The van der Waals surface area contributed by atoms with E-state index in [1.54, 1.807) is 0 Å². The quantitative estimate of drug-likeness (QED) is 0.418. The lowest BCUT2D eigenvalue weighted by molar-refractivity contribution is -0.165. The molecule has 0 heterocycles. The molecule has 0 aromatic rings. The highest BCUT2D eigenvalue weighted by Crippen LogP contribution is 1.91. The molecule has 0 aliphatic rings. The van der Waals surface area contributed by atoms with Crippen molar-refractivity contribution >= 4 is 5.97 Å². The fraction of sp³-hybridized carbons (Fsp3) is 0.667. The molecule has 0 N–H and O–H groups in total. The molecule has 3 nitrogen and oxygen atoms in total. The summed E-state index contributed by atoms with van der Waals surface area (Å²) in [4.78, 5) is 10.2. The van der Waals surface area contributed by atoms with E-state index < -0.39 is 6.29 Å². The molecule has 1 unspecified atom stereocenters. The van der Waals surface area contributed by atoms with E-state index in [2.05, 4.69) is 11.7 Å². The van der Waals surface area contributed by atoms with Gasteiger partial charge in [0.2, 0.25) is 6.29 Å². The summed E-state index contributed by atoms with van der Waals surface area (Å²) in [6, 6.07) is 0. The Morgan fingerprint density at radius 1 is 1.78 bits per heavy atom. The van der Waals surface area contributed by atoms with Crippen LogP contribution in [0.5, 0.6) is 0 Å². The van der Waals surface area contributed by atoms with E-state index in [9.17, 15) is 4.79 Å².